The first kappa shape index (κ1) is 21.7. The zero-order chi connectivity index (χ0) is 22.2. The van der Waals surface area contributed by atoms with E-state index in [0.29, 0.717) is 44.6 Å². The van der Waals surface area contributed by atoms with E-state index < -0.39 is 29.7 Å². The molecule has 1 aliphatic heterocycles. The number of aromatic nitrogens is 3. The predicted octanol–water partition coefficient (Wildman–Crippen LogP) is 4.56. The minimum absolute atomic E-state index is 0.00748. The van der Waals surface area contributed by atoms with Gasteiger partial charge in [-0.2, -0.15) is 31.4 Å². The number of piperidine rings is 1. The lowest BCUT2D eigenvalue weighted by molar-refractivity contribution is -0.144. The van der Waals surface area contributed by atoms with Crippen molar-refractivity contribution in [2.75, 3.05) is 13.1 Å². The lowest BCUT2D eigenvalue weighted by Gasteiger charge is -2.31. The van der Waals surface area contributed by atoms with E-state index in [1.165, 1.54) is 15.9 Å². The molecule has 0 atom stereocenters. The van der Waals surface area contributed by atoms with Crippen molar-refractivity contribution >= 4 is 0 Å². The van der Waals surface area contributed by atoms with Crippen LogP contribution in [0.1, 0.15) is 36.9 Å². The number of hydroxylamine groups is 2. The smallest absolute Gasteiger partial charge is 0.438 e. The molecule has 2 fully saturated rings. The summed E-state index contributed by atoms with van der Waals surface area (Å²) < 4.78 is 84.6. The van der Waals surface area contributed by atoms with Gasteiger partial charge in [0.15, 0.2) is 5.75 Å². The van der Waals surface area contributed by atoms with E-state index in [4.69, 9.17) is 9.57 Å². The molecule has 2 aliphatic rings. The van der Waals surface area contributed by atoms with Gasteiger partial charge >= 0.3 is 12.4 Å². The maximum absolute atomic E-state index is 13.3. The molecular weight excluding hydrogens is 430 g/mol. The molecule has 0 spiro atoms. The van der Waals surface area contributed by atoms with Gasteiger partial charge in [0.05, 0.1) is 11.8 Å². The summed E-state index contributed by atoms with van der Waals surface area (Å²) >= 11 is 0. The molecule has 1 saturated carbocycles. The van der Waals surface area contributed by atoms with E-state index in [-0.39, 0.29) is 11.6 Å². The number of hydrogen-bond donors (Lipinski definition) is 0. The van der Waals surface area contributed by atoms with Crippen LogP contribution in [0.3, 0.4) is 0 Å². The molecule has 12 heteroatoms. The Balaban J connectivity index is 1.32. The summed E-state index contributed by atoms with van der Waals surface area (Å²) in [7, 11) is 0. The molecule has 0 bridgehead atoms. The number of rotatable bonds is 6. The van der Waals surface area contributed by atoms with E-state index in [1.807, 2.05) is 0 Å². The van der Waals surface area contributed by atoms with Crippen molar-refractivity contribution in [2.24, 2.45) is 5.92 Å². The summed E-state index contributed by atoms with van der Waals surface area (Å²) in [4.78, 5) is 9.10. The molecule has 170 valence electrons. The van der Waals surface area contributed by atoms with Crippen LogP contribution in [0.4, 0.5) is 26.3 Å². The van der Waals surface area contributed by atoms with Crippen LogP contribution in [0.5, 0.6) is 11.6 Å². The molecule has 6 nitrogen and oxygen atoms in total. The first-order chi connectivity index (χ1) is 14.6. The zero-order valence-corrected chi connectivity index (χ0v) is 16.3. The number of ether oxygens (including phenoxy) is 1. The largest absolute Gasteiger partial charge is 0.486 e. The second-order valence-electron chi connectivity index (χ2n) is 7.73. The highest BCUT2D eigenvalue weighted by atomic mass is 19.4. The van der Waals surface area contributed by atoms with Crippen molar-refractivity contribution in [1.82, 2.24) is 19.8 Å². The van der Waals surface area contributed by atoms with Crippen LogP contribution in [0.2, 0.25) is 0 Å². The Morgan fingerprint density at radius 3 is 2.23 bits per heavy atom. The summed E-state index contributed by atoms with van der Waals surface area (Å²) in [6.07, 6.45) is -4.82. The topological polar surface area (TPSA) is 52.4 Å². The molecule has 0 aromatic carbocycles. The quantitative estimate of drug-likeness (QED) is 0.604. The zero-order valence-electron chi connectivity index (χ0n) is 16.3. The van der Waals surface area contributed by atoms with Gasteiger partial charge in [0.25, 0.3) is 0 Å². The van der Waals surface area contributed by atoms with E-state index in [1.54, 1.807) is 0 Å². The number of halogens is 6. The Morgan fingerprint density at radius 2 is 1.68 bits per heavy atom. The minimum atomic E-state index is -4.61. The highest BCUT2D eigenvalue weighted by Crippen LogP contribution is 2.38. The molecule has 0 amide bonds. The minimum Gasteiger partial charge on any atom is -0.486 e. The Labute approximate surface area is 173 Å². The molecular formula is C19H20F6N4O2. The van der Waals surface area contributed by atoms with Gasteiger partial charge < -0.3 is 9.57 Å². The molecule has 0 radical (unpaired) electrons. The van der Waals surface area contributed by atoms with Crippen LogP contribution in [0, 0.1) is 5.92 Å². The van der Waals surface area contributed by atoms with E-state index >= 15 is 0 Å². The molecule has 3 heterocycles. The van der Waals surface area contributed by atoms with Crippen LogP contribution < -0.4 is 9.57 Å². The van der Waals surface area contributed by atoms with E-state index in [9.17, 15) is 26.3 Å². The van der Waals surface area contributed by atoms with Crippen LogP contribution in [0.15, 0.2) is 24.5 Å². The second kappa shape index (κ2) is 8.21. The van der Waals surface area contributed by atoms with Gasteiger partial charge in [-0.15, -0.1) is 5.06 Å². The lowest BCUT2D eigenvalue weighted by Crippen LogP contribution is -2.40. The van der Waals surface area contributed by atoms with Gasteiger partial charge in [-0.25, -0.2) is 4.98 Å². The fraction of sp³-hybridized carbons (Fsp3) is 0.579. The molecule has 0 N–H and O–H groups in total. The molecule has 0 unspecified atom stereocenters. The third-order valence-corrected chi connectivity index (χ3v) is 5.12. The summed E-state index contributed by atoms with van der Waals surface area (Å²) in [5, 5.41) is 5.16. The van der Waals surface area contributed by atoms with Gasteiger partial charge in [0.2, 0.25) is 11.6 Å². The van der Waals surface area contributed by atoms with Crippen molar-refractivity contribution in [3.63, 3.8) is 0 Å². The third kappa shape index (κ3) is 5.60. The third-order valence-electron chi connectivity index (χ3n) is 5.12. The number of nitrogens with zero attached hydrogens (tertiary/aromatic N) is 4. The summed E-state index contributed by atoms with van der Waals surface area (Å²) in [5.74, 6) is 0.0954. The maximum Gasteiger partial charge on any atom is 0.438 e. The highest BCUT2D eigenvalue weighted by molar-refractivity contribution is 5.27. The highest BCUT2D eigenvalue weighted by Gasteiger charge is 2.40. The fourth-order valence-corrected chi connectivity index (χ4v) is 3.30. The normalized spacial score (nSPS) is 18.9. The van der Waals surface area contributed by atoms with Crippen LogP contribution in [-0.4, -0.2) is 39.0 Å². The lowest BCUT2D eigenvalue weighted by atomic mass is 10.1. The number of pyridine rings is 1. The van der Waals surface area contributed by atoms with Crippen molar-refractivity contribution in [2.45, 2.75) is 50.7 Å². The van der Waals surface area contributed by atoms with Crippen molar-refractivity contribution in [3.05, 3.63) is 35.8 Å². The van der Waals surface area contributed by atoms with Crippen molar-refractivity contribution in [1.29, 1.82) is 0 Å². The SMILES string of the molecule is FC(F)(F)c1ccc(ON2CCC(Oc3cn(CC4CC4)nc3C(F)(F)F)CC2)nc1. The number of hydrogen-bond acceptors (Lipinski definition) is 5. The summed E-state index contributed by atoms with van der Waals surface area (Å²) in [5.41, 5.74) is -1.91. The maximum atomic E-state index is 13.3. The monoisotopic (exact) mass is 450 g/mol. The first-order valence-electron chi connectivity index (χ1n) is 9.85. The summed E-state index contributed by atoms with van der Waals surface area (Å²) in [6.45, 7) is 1.09. The molecule has 4 rings (SSSR count). The average molecular weight is 450 g/mol. The Morgan fingerprint density at radius 1 is 0.968 bits per heavy atom. The second-order valence-corrected chi connectivity index (χ2v) is 7.73. The van der Waals surface area contributed by atoms with Gasteiger partial charge in [-0.3, -0.25) is 4.68 Å². The van der Waals surface area contributed by atoms with Crippen LogP contribution in [-0.2, 0) is 18.9 Å². The summed E-state index contributed by atoms with van der Waals surface area (Å²) in [6, 6.07) is 1.99. The van der Waals surface area contributed by atoms with E-state index in [2.05, 4.69) is 10.1 Å². The molecule has 2 aromatic heterocycles. The number of alkyl halides is 6. The Kier molecular flexibility index (Phi) is 5.75. The first-order valence-corrected chi connectivity index (χ1v) is 9.85. The van der Waals surface area contributed by atoms with Gasteiger partial charge in [-0.1, -0.05) is 0 Å². The van der Waals surface area contributed by atoms with Crippen LogP contribution >= 0.6 is 0 Å². The average Bonchev–Trinajstić information content (AvgIpc) is 3.40. The van der Waals surface area contributed by atoms with Crippen molar-refractivity contribution < 1.29 is 35.9 Å². The Hall–Kier alpha value is -2.50. The Bertz CT molecular complexity index is 884. The predicted molar refractivity (Wildman–Crippen MR) is 95.0 cm³/mol. The molecule has 1 aliphatic carbocycles. The molecule has 1 saturated heterocycles. The molecule has 31 heavy (non-hydrogen) atoms. The standard InChI is InChI=1S/C19H20F6N4O2/c20-18(21,22)13-3-4-16(26-9-13)31-29-7-5-14(6-8-29)30-15-11-28(10-12-1-2-12)27-17(15)19(23,24)25/h3-4,9,11-12,14H,1-2,5-8,10H2. The van der Waals surface area contributed by atoms with Crippen molar-refractivity contribution in [3.8, 4) is 11.6 Å². The van der Waals surface area contributed by atoms with Gasteiger partial charge in [-0.05, 0) is 24.8 Å². The van der Waals surface area contributed by atoms with Gasteiger partial charge in [0.1, 0.15) is 6.10 Å². The van der Waals surface area contributed by atoms with Crippen LogP contribution in [0.25, 0.3) is 0 Å². The molecule has 2 aromatic rings. The fourth-order valence-electron chi connectivity index (χ4n) is 3.30. The van der Waals surface area contributed by atoms with E-state index in [0.717, 1.165) is 25.0 Å². The van der Waals surface area contributed by atoms with Gasteiger partial charge in [0, 0.05) is 44.7 Å².